The number of amides is 1. The van der Waals surface area contributed by atoms with Crippen molar-refractivity contribution in [1.82, 2.24) is 5.32 Å². The normalized spacial score (nSPS) is 13.5. The summed E-state index contributed by atoms with van der Waals surface area (Å²) < 4.78 is 33.5. The van der Waals surface area contributed by atoms with E-state index in [1.165, 1.54) is 30.7 Å². The second kappa shape index (κ2) is 11.3. The van der Waals surface area contributed by atoms with Crippen LogP contribution in [0.15, 0.2) is 83.8 Å². The molecule has 3 aromatic carbocycles. The number of para-hydroxylation sites is 1. The fourth-order valence-corrected chi connectivity index (χ4v) is 5.52. The van der Waals surface area contributed by atoms with Gasteiger partial charge < -0.3 is 15.0 Å². The Labute approximate surface area is 207 Å². The third-order valence-corrected chi connectivity index (χ3v) is 7.74. The number of carbonyl (C=O) groups excluding carboxylic acids is 1. The van der Waals surface area contributed by atoms with Crippen LogP contribution in [0.1, 0.15) is 25.3 Å². The van der Waals surface area contributed by atoms with E-state index in [0.29, 0.717) is 24.6 Å². The zero-order valence-corrected chi connectivity index (χ0v) is 20.7. The molecule has 1 saturated heterocycles. The van der Waals surface area contributed by atoms with Crippen LogP contribution < -0.4 is 19.3 Å². The molecule has 3 aromatic rings. The second-order valence-corrected chi connectivity index (χ2v) is 10.3. The Morgan fingerprint density at radius 2 is 1.60 bits per heavy atom. The van der Waals surface area contributed by atoms with Crippen molar-refractivity contribution in [1.29, 1.82) is 0 Å². The van der Waals surface area contributed by atoms with Crippen LogP contribution in [0.25, 0.3) is 0 Å². The predicted molar refractivity (Wildman–Crippen MR) is 138 cm³/mol. The molecule has 1 aliphatic heterocycles. The van der Waals surface area contributed by atoms with Crippen LogP contribution in [0.5, 0.6) is 5.75 Å². The van der Waals surface area contributed by atoms with E-state index >= 15 is 0 Å². The molecule has 1 N–H and O–H groups in total. The Morgan fingerprint density at radius 3 is 2.23 bits per heavy atom. The van der Waals surface area contributed by atoms with Gasteiger partial charge in [0.1, 0.15) is 12.3 Å². The Bertz CT molecular complexity index is 1210. The molecule has 8 heteroatoms. The number of carbonyl (C=O) groups is 1. The largest absolute Gasteiger partial charge is 0.494 e. The summed E-state index contributed by atoms with van der Waals surface area (Å²) >= 11 is 0. The van der Waals surface area contributed by atoms with Crippen LogP contribution in [0, 0.1) is 0 Å². The summed E-state index contributed by atoms with van der Waals surface area (Å²) in [6.07, 6.45) is 2.44. The third kappa shape index (κ3) is 6.14. The smallest absolute Gasteiger partial charge is 0.264 e. The Hall–Kier alpha value is -3.52. The van der Waals surface area contributed by atoms with Crippen molar-refractivity contribution in [3.05, 3.63) is 84.4 Å². The van der Waals surface area contributed by atoms with Crippen molar-refractivity contribution in [2.24, 2.45) is 0 Å². The van der Waals surface area contributed by atoms with Gasteiger partial charge in [0.15, 0.2) is 0 Å². The van der Waals surface area contributed by atoms with Crippen LogP contribution in [0.3, 0.4) is 0 Å². The van der Waals surface area contributed by atoms with Gasteiger partial charge in [0, 0.05) is 25.3 Å². The molecule has 1 amide bonds. The number of nitrogens with zero attached hydrogens (tertiary/aromatic N) is 2. The van der Waals surface area contributed by atoms with Gasteiger partial charge in [0.2, 0.25) is 5.91 Å². The van der Waals surface area contributed by atoms with Gasteiger partial charge in [-0.3, -0.25) is 9.10 Å². The highest BCUT2D eigenvalue weighted by Gasteiger charge is 2.27. The first-order chi connectivity index (χ1) is 17.0. The monoisotopic (exact) mass is 493 g/mol. The summed E-state index contributed by atoms with van der Waals surface area (Å²) in [6.45, 7) is 4.50. The topological polar surface area (TPSA) is 79.0 Å². The molecule has 0 saturated carbocycles. The molecule has 0 radical (unpaired) electrons. The molecule has 1 fully saturated rings. The Morgan fingerprint density at radius 1 is 0.943 bits per heavy atom. The number of hydrogen-bond donors (Lipinski definition) is 1. The SMILES string of the molecule is CCOc1ccc(S(=O)(=O)N(CC(=O)NCc2ccc(N3CCCC3)cc2)c2ccccc2)cc1. The summed E-state index contributed by atoms with van der Waals surface area (Å²) in [5.41, 5.74) is 2.57. The lowest BCUT2D eigenvalue weighted by Crippen LogP contribution is -2.40. The number of nitrogens with one attached hydrogen (secondary N) is 1. The van der Waals surface area contributed by atoms with Crippen molar-refractivity contribution in [3.8, 4) is 5.75 Å². The van der Waals surface area contributed by atoms with Crippen LogP contribution in [-0.2, 0) is 21.4 Å². The highest BCUT2D eigenvalue weighted by Crippen LogP contribution is 2.25. The van der Waals surface area contributed by atoms with Crippen molar-refractivity contribution in [2.75, 3.05) is 35.4 Å². The number of sulfonamides is 1. The lowest BCUT2D eigenvalue weighted by atomic mass is 10.2. The maximum absolute atomic E-state index is 13.5. The van der Waals surface area contributed by atoms with Crippen LogP contribution in [0.2, 0.25) is 0 Å². The van der Waals surface area contributed by atoms with E-state index in [1.807, 2.05) is 19.1 Å². The molecule has 0 aromatic heterocycles. The number of anilines is 2. The molecule has 7 nitrogen and oxygen atoms in total. The van der Waals surface area contributed by atoms with Gasteiger partial charge in [-0.25, -0.2) is 8.42 Å². The second-order valence-electron chi connectivity index (χ2n) is 8.39. The van der Waals surface area contributed by atoms with Crippen LogP contribution in [0.4, 0.5) is 11.4 Å². The molecule has 184 valence electrons. The summed E-state index contributed by atoms with van der Waals surface area (Å²) in [4.78, 5) is 15.3. The van der Waals surface area contributed by atoms with E-state index in [9.17, 15) is 13.2 Å². The standard InChI is InChI=1S/C27H31N3O4S/c1-2-34-25-14-16-26(17-15-25)35(32,33)30(24-8-4-3-5-9-24)21-27(31)28-20-22-10-12-23(13-11-22)29-18-6-7-19-29/h3-5,8-17H,2,6-7,18-21H2,1H3,(H,28,31). The first kappa shape index (κ1) is 24.6. The molecule has 0 aliphatic carbocycles. The number of rotatable bonds is 10. The zero-order valence-electron chi connectivity index (χ0n) is 19.9. The molecular weight excluding hydrogens is 462 g/mol. The number of benzene rings is 3. The van der Waals surface area contributed by atoms with Gasteiger partial charge in [0.25, 0.3) is 10.0 Å². The van der Waals surface area contributed by atoms with Gasteiger partial charge in [-0.2, -0.15) is 0 Å². The van der Waals surface area contributed by atoms with E-state index < -0.39 is 10.0 Å². The van der Waals surface area contributed by atoms with Crippen LogP contribution in [-0.4, -0.2) is 40.6 Å². The van der Waals surface area contributed by atoms with E-state index in [1.54, 1.807) is 42.5 Å². The Balaban J connectivity index is 1.46. The molecule has 1 heterocycles. The van der Waals surface area contributed by atoms with Gasteiger partial charge in [-0.1, -0.05) is 30.3 Å². The van der Waals surface area contributed by atoms with Crippen LogP contribution >= 0.6 is 0 Å². The van der Waals surface area contributed by atoms with Gasteiger partial charge in [-0.05, 0) is 73.9 Å². The molecule has 0 spiro atoms. The quantitative estimate of drug-likeness (QED) is 0.458. The molecule has 35 heavy (non-hydrogen) atoms. The minimum absolute atomic E-state index is 0.0927. The predicted octanol–water partition coefficient (Wildman–Crippen LogP) is 4.20. The van der Waals surface area contributed by atoms with Crippen molar-refractivity contribution in [2.45, 2.75) is 31.2 Å². The summed E-state index contributed by atoms with van der Waals surface area (Å²) in [5, 5.41) is 2.86. The molecule has 0 unspecified atom stereocenters. The maximum atomic E-state index is 13.5. The van der Waals surface area contributed by atoms with Crippen molar-refractivity contribution >= 4 is 27.3 Å². The highest BCUT2D eigenvalue weighted by molar-refractivity contribution is 7.92. The minimum Gasteiger partial charge on any atom is -0.494 e. The third-order valence-electron chi connectivity index (χ3n) is 5.95. The fraction of sp³-hybridized carbons (Fsp3) is 0.296. The molecule has 4 rings (SSSR count). The highest BCUT2D eigenvalue weighted by atomic mass is 32.2. The van der Waals surface area contributed by atoms with Gasteiger partial charge in [-0.15, -0.1) is 0 Å². The average Bonchev–Trinajstić information content (AvgIpc) is 3.42. The summed E-state index contributed by atoms with van der Waals surface area (Å²) in [7, 11) is -3.97. The van der Waals surface area contributed by atoms with Crippen molar-refractivity contribution in [3.63, 3.8) is 0 Å². The summed E-state index contributed by atoms with van der Waals surface area (Å²) in [5.74, 6) is 0.207. The van der Waals surface area contributed by atoms with Gasteiger partial charge in [0.05, 0.1) is 17.2 Å². The number of ether oxygens (including phenoxy) is 1. The first-order valence-corrected chi connectivity index (χ1v) is 13.3. The Kier molecular flexibility index (Phi) is 7.92. The number of hydrogen-bond acceptors (Lipinski definition) is 5. The molecule has 0 atom stereocenters. The lowest BCUT2D eigenvalue weighted by Gasteiger charge is -2.24. The fourth-order valence-electron chi connectivity index (χ4n) is 4.10. The van der Waals surface area contributed by atoms with E-state index in [-0.39, 0.29) is 17.3 Å². The maximum Gasteiger partial charge on any atom is 0.264 e. The van der Waals surface area contributed by atoms with E-state index in [4.69, 9.17) is 4.74 Å². The van der Waals surface area contributed by atoms with E-state index in [2.05, 4.69) is 22.3 Å². The average molecular weight is 494 g/mol. The zero-order chi connectivity index (χ0) is 24.7. The van der Waals surface area contributed by atoms with E-state index in [0.717, 1.165) is 23.0 Å². The molecule has 1 aliphatic rings. The summed E-state index contributed by atoms with van der Waals surface area (Å²) in [6, 6.07) is 23.0. The van der Waals surface area contributed by atoms with Gasteiger partial charge >= 0.3 is 0 Å². The first-order valence-electron chi connectivity index (χ1n) is 11.9. The minimum atomic E-state index is -3.97. The lowest BCUT2D eigenvalue weighted by molar-refractivity contribution is -0.119. The molecular formula is C27H31N3O4S. The van der Waals surface area contributed by atoms with Crippen molar-refractivity contribution < 1.29 is 17.9 Å². The molecule has 0 bridgehead atoms.